The number of nitrogens with zero attached hydrogens (tertiary/aromatic N) is 1. The lowest BCUT2D eigenvalue weighted by atomic mass is 9.72. The van der Waals surface area contributed by atoms with Crippen LogP contribution in [0.4, 0.5) is 0 Å². The van der Waals surface area contributed by atoms with E-state index in [2.05, 4.69) is 46.8 Å². The van der Waals surface area contributed by atoms with Crippen molar-refractivity contribution in [3.63, 3.8) is 0 Å². The summed E-state index contributed by atoms with van der Waals surface area (Å²) in [4.78, 5) is 4.34. The maximum absolute atomic E-state index is 5.62. The van der Waals surface area contributed by atoms with E-state index in [4.69, 9.17) is 9.47 Å². The number of hydrogen-bond donors (Lipinski definition) is 2. The molecule has 2 N–H and O–H groups in total. The number of aryl methyl sites for hydroxylation is 1. The highest BCUT2D eigenvalue weighted by atomic mass is 16.5. The van der Waals surface area contributed by atoms with Gasteiger partial charge in [0, 0.05) is 52.5 Å². The van der Waals surface area contributed by atoms with E-state index in [-0.39, 0.29) is 5.41 Å². The molecule has 1 aliphatic rings. The lowest BCUT2D eigenvalue weighted by Gasteiger charge is -2.39. The molecule has 1 aliphatic heterocycles. The average Bonchev–Trinajstić information content (AvgIpc) is 2.62. The van der Waals surface area contributed by atoms with Crippen LogP contribution in [0.1, 0.15) is 30.4 Å². The van der Waals surface area contributed by atoms with Gasteiger partial charge in [0.25, 0.3) is 0 Å². The maximum atomic E-state index is 5.62. The molecule has 134 valence electrons. The summed E-state index contributed by atoms with van der Waals surface area (Å²) >= 11 is 0. The lowest BCUT2D eigenvalue weighted by Crippen LogP contribution is -2.48. The van der Waals surface area contributed by atoms with Crippen molar-refractivity contribution in [2.24, 2.45) is 4.99 Å². The molecule has 0 bridgehead atoms. The van der Waals surface area contributed by atoms with Crippen molar-refractivity contribution in [2.45, 2.75) is 31.6 Å². The molecule has 0 unspecified atom stereocenters. The first-order chi connectivity index (χ1) is 11.7. The summed E-state index contributed by atoms with van der Waals surface area (Å²) in [6.07, 6.45) is 3.03. The molecule has 0 amide bonds. The summed E-state index contributed by atoms with van der Waals surface area (Å²) in [6.45, 7) is 6.31. The fraction of sp³-hybridized carbons (Fsp3) is 0.632. The van der Waals surface area contributed by atoms with Crippen LogP contribution in [0.2, 0.25) is 0 Å². The quantitative estimate of drug-likeness (QED) is 0.456. The normalized spacial score (nSPS) is 17.5. The molecule has 0 saturated carbocycles. The van der Waals surface area contributed by atoms with Crippen LogP contribution in [-0.4, -0.2) is 53.0 Å². The second-order valence-electron chi connectivity index (χ2n) is 6.41. The van der Waals surface area contributed by atoms with Gasteiger partial charge in [-0.2, -0.15) is 0 Å². The summed E-state index contributed by atoms with van der Waals surface area (Å²) in [5.41, 5.74) is 2.88. The highest BCUT2D eigenvalue weighted by Gasteiger charge is 2.35. The minimum atomic E-state index is 0.105. The summed E-state index contributed by atoms with van der Waals surface area (Å²) in [6, 6.07) is 8.70. The van der Waals surface area contributed by atoms with Crippen molar-refractivity contribution in [1.29, 1.82) is 0 Å². The number of ether oxygens (including phenoxy) is 2. The SMILES string of the molecule is CN=C(NCCCOC)NCC1(c2ccccc2C)CCOCC1. The van der Waals surface area contributed by atoms with Gasteiger partial charge in [-0.1, -0.05) is 24.3 Å². The van der Waals surface area contributed by atoms with Gasteiger partial charge in [-0.15, -0.1) is 0 Å². The zero-order valence-corrected chi connectivity index (χ0v) is 15.2. The number of nitrogens with one attached hydrogen (secondary N) is 2. The van der Waals surface area contributed by atoms with Crippen molar-refractivity contribution in [1.82, 2.24) is 10.6 Å². The van der Waals surface area contributed by atoms with Crippen molar-refractivity contribution in [2.75, 3.05) is 47.1 Å². The molecule has 1 saturated heterocycles. The third-order valence-electron chi connectivity index (χ3n) is 4.80. The summed E-state index contributed by atoms with van der Waals surface area (Å²) < 4.78 is 10.7. The van der Waals surface area contributed by atoms with Crippen LogP contribution in [0.25, 0.3) is 0 Å². The number of hydrogen-bond acceptors (Lipinski definition) is 3. The molecule has 5 nitrogen and oxygen atoms in total. The van der Waals surface area contributed by atoms with Crippen LogP contribution in [0, 0.1) is 6.92 Å². The fourth-order valence-corrected chi connectivity index (χ4v) is 3.37. The third kappa shape index (κ3) is 4.95. The molecule has 0 spiro atoms. The predicted molar refractivity (Wildman–Crippen MR) is 98.8 cm³/mol. The molecule has 1 fully saturated rings. The lowest BCUT2D eigenvalue weighted by molar-refractivity contribution is 0.0512. The molecule has 24 heavy (non-hydrogen) atoms. The van der Waals surface area contributed by atoms with E-state index in [0.717, 1.165) is 58.1 Å². The van der Waals surface area contributed by atoms with Gasteiger partial charge in [-0.3, -0.25) is 4.99 Å². The predicted octanol–water partition coefficient (Wildman–Crippen LogP) is 2.24. The first-order valence-electron chi connectivity index (χ1n) is 8.79. The summed E-state index contributed by atoms with van der Waals surface area (Å²) in [7, 11) is 3.54. The van der Waals surface area contributed by atoms with Crippen LogP contribution < -0.4 is 10.6 Å². The second-order valence-corrected chi connectivity index (χ2v) is 6.41. The van der Waals surface area contributed by atoms with E-state index < -0.39 is 0 Å². The highest BCUT2D eigenvalue weighted by Crippen LogP contribution is 2.36. The van der Waals surface area contributed by atoms with Gasteiger partial charge in [0.1, 0.15) is 0 Å². The van der Waals surface area contributed by atoms with Crippen molar-refractivity contribution in [3.8, 4) is 0 Å². The molecule has 1 heterocycles. The third-order valence-corrected chi connectivity index (χ3v) is 4.80. The fourth-order valence-electron chi connectivity index (χ4n) is 3.37. The molecular weight excluding hydrogens is 302 g/mol. The van der Waals surface area contributed by atoms with E-state index in [1.54, 1.807) is 7.11 Å². The van der Waals surface area contributed by atoms with Gasteiger partial charge in [0.05, 0.1) is 0 Å². The average molecular weight is 333 g/mol. The Morgan fingerprint density at radius 2 is 2.00 bits per heavy atom. The minimum Gasteiger partial charge on any atom is -0.385 e. The van der Waals surface area contributed by atoms with E-state index in [0.29, 0.717) is 0 Å². The minimum absolute atomic E-state index is 0.105. The van der Waals surface area contributed by atoms with E-state index >= 15 is 0 Å². The zero-order valence-electron chi connectivity index (χ0n) is 15.2. The maximum Gasteiger partial charge on any atom is 0.191 e. The molecule has 1 aromatic rings. The summed E-state index contributed by atoms with van der Waals surface area (Å²) in [5.74, 6) is 0.852. The Kier molecular flexibility index (Phi) is 7.53. The van der Waals surface area contributed by atoms with Crippen LogP contribution in [0.3, 0.4) is 0 Å². The van der Waals surface area contributed by atoms with Crippen LogP contribution >= 0.6 is 0 Å². The Morgan fingerprint density at radius 1 is 1.25 bits per heavy atom. The summed E-state index contributed by atoms with van der Waals surface area (Å²) in [5, 5.41) is 6.88. The zero-order chi connectivity index (χ0) is 17.3. The standard InChI is InChI=1S/C19H31N3O2/c1-16-7-4-5-8-17(16)19(9-13-24-14-10-19)15-22-18(20-2)21-11-6-12-23-3/h4-5,7-8H,6,9-15H2,1-3H3,(H2,20,21,22). The Balaban J connectivity index is 2.03. The Bertz CT molecular complexity index is 525. The molecule has 0 aromatic heterocycles. The molecule has 1 aromatic carbocycles. The molecule has 0 aliphatic carbocycles. The van der Waals surface area contributed by atoms with E-state index in [9.17, 15) is 0 Å². The van der Waals surface area contributed by atoms with E-state index in [1.165, 1.54) is 11.1 Å². The Morgan fingerprint density at radius 3 is 2.67 bits per heavy atom. The van der Waals surface area contributed by atoms with E-state index in [1.807, 2.05) is 7.05 Å². The second kappa shape index (κ2) is 9.64. The number of guanidine groups is 1. The van der Waals surface area contributed by atoms with Gasteiger partial charge in [-0.05, 0) is 37.3 Å². The van der Waals surface area contributed by atoms with Crippen molar-refractivity contribution >= 4 is 5.96 Å². The van der Waals surface area contributed by atoms with Crippen LogP contribution in [-0.2, 0) is 14.9 Å². The topological polar surface area (TPSA) is 54.9 Å². The first kappa shape index (κ1) is 18.7. The van der Waals surface area contributed by atoms with Crippen molar-refractivity contribution < 1.29 is 9.47 Å². The molecular formula is C19H31N3O2. The van der Waals surface area contributed by atoms with Gasteiger partial charge < -0.3 is 20.1 Å². The van der Waals surface area contributed by atoms with Crippen LogP contribution in [0.15, 0.2) is 29.3 Å². The first-order valence-corrected chi connectivity index (χ1v) is 8.79. The van der Waals surface area contributed by atoms with Gasteiger partial charge >= 0.3 is 0 Å². The van der Waals surface area contributed by atoms with Gasteiger partial charge in [0.15, 0.2) is 5.96 Å². The number of rotatable bonds is 7. The number of aliphatic imine (C=N–C) groups is 1. The molecule has 0 atom stereocenters. The van der Waals surface area contributed by atoms with Crippen LogP contribution in [0.5, 0.6) is 0 Å². The smallest absolute Gasteiger partial charge is 0.191 e. The molecule has 2 rings (SSSR count). The van der Waals surface area contributed by atoms with Gasteiger partial charge in [0.2, 0.25) is 0 Å². The number of benzene rings is 1. The highest BCUT2D eigenvalue weighted by molar-refractivity contribution is 5.79. The monoisotopic (exact) mass is 333 g/mol. The van der Waals surface area contributed by atoms with Crippen molar-refractivity contribution in [3.05, 3.63) is 35.4 Å². The number of methoxy groups -OCH3 is 1. The van der Waals surface area contributed by atoms with Gasteiger partial charge in [-0.25, -0.2) is 0 Å². The Labute approximate surface area is 145 Å². The molecule has 5 heteroatoms. The largest absolute Gasteiger partial charge is 0.385 e. The Hall–Kier alpha value is -1.59. The molecule has 0 radical (unpaired) electrons.